The molecule has 4 aromatic rings. The number of hydrogen-bond donors (Lipinski definition) is 3. The predicted octanol–water partition coefficient (Wildman–Crippen LogP) is 4.21. The van der Waals surface area contributed by atoms with Gasteiger partial charge in [0.25, 0.3) is 0 Å². The summed E-state index contributed by atoms with van der Waals surface area (Å²) < 4.78 is 46.3. The molecule has 2 atom stereocenters. The number of anilines is 3. The summed E-state index contributed by atoms with van der Waals surface area (Å²) in [6.45, 7) is -0.0707. The molecule has 10 nitrogen and oxygen atoms in total. The lowest BCUT2D eigenvalue weighted by atomic mass is 10.1. The molecule has 13 heteroatoms. The molecule has 40 heavy (non-hydrogen) atoms. The fourth-order valence-electron chi connectivity index (χ4n) is 5.11. The second kappa shape index (κ2) is 10.4. The molecule has 0 aliphatic carbocycles. The van der Waals surface area contributed by atoms with E-state index < -0.39 is 18.8 Å². The zero-order valence-corrected chi connectivity index (χ0v) is 21.2. The second-order valence-electron chi connectivity index (χ2n) is 9.85. The number of aliphatic hydroxyl groups is 1. The molecule has 2 aliphatic heterocycles. The van der Waals surface area contributed by atoms with Crippen LogP contribution in [0.2, 0.25) is 0 Å². The minimum atomic E-state index is -4.46. The Morgan fingerprint density at radius 2 is 1.75 bits per heavy atom. The maximum absolute atomic E-state index is 13.2. The van der Waals surface area contributed by atoms with Gasteiger partial charge in [-0.25, -0.2) is 19.4 Å². The molecule has 2 aliphatic rings. The van der Waals surface area contributed by atoms with E-state index in [1.807, 2.05) is 12.1 Å². The normalized spacial score (nSPS) is 18.4. The summed E-state index contributed by atoms with van der Waals surface area (Å²) in [5, 5.41) is 19.0. The minimum Gasteiger partial charge on any atom is -0.396 e. The van der Waals surface area contributed by atoms with Crippen molar-refractivity contribution in [3.63, 3.8) is 0 Å². The number of ether oxygens (including phenoxy) is 1. The molecule has 6 rings (SSSR count). The van der Waals surface area contributed by atoms with Gasteiger partial charge >= 0.3 is 12.2 Å². The van der Waals surface area contributed by atoms with E-state index in [9.17, 15) is 18.0 Å². The van der Waals surface area contributed by atoms with Crippen molar-refractivity contribution in [1.82, 2.24) is 19.7 Å². The topological polar surface area (TPSA) is 117 Å². The quantitative estimate of drug-likeness (QED) is 0.314. The number of nitrogens with zero attached hydrogens (tertiary/aromatic N) is 5. The van der Waals surface area contributed by atoms with Crippen molar-refractivity contribution < 1.29 is 27.8 Å². The first-order valence-electron chi connectivity index (χ1n) is 12.8. The van der Waals surface area contributed by atoms with Crippen molar-refractivity contribution in [3.8, 4) is 11.4 Å². The Morgan fingerprint density at radius 1 is 1.05 bits per heavy atom. The van der Waals surface area contributed by atoms with Crippen molar-refractivity contribution in [1.29, 1.82) is 0 Å². The molecule has 2 unspecified atom stereocenters. The molecule has 4 heterocycles. The summed E-state index contributed by atoms with van der Waals surface area (Å²) in [7, 11) is 0. The smallest absolute Gasteiger partial charge is 0.396 e. The first kappa shape index (κ1) is 26.0. The molecule has 2 aromatic heterocycles. The molecule has 2 saturated heterocycles. The summed E-state index contributed by atoms with van der Waals surface area (Å²) in [5.74, 6) is 0.796. The lowest BCUT2D eigenvalue weighted by Crippen LogP contribution is -2.37. The number of fused-ring (bicyclic) bond motifs is 3. The largest absolute Gasteiger partial charge is 0.408 e. The third-order valence-electron chi connectivity index (χ3n) is 6.99. The molecule has 2 bridgehead atoms. The maximum atomic E-state index is 13.2. The van der Waals surface area contributed by atoms with Crippen LogP contribution in [0.25, 0.3) is 22.4 Å². The number of aliphatic hydroxyl groups excluding tert-OH is 1. The van der Waals surface area contributed by atoms with Gasteiger partial charge in [0.05, 0.1) is 30.3 Å². The summed E-state index contributed by atoms with van der Waals surface area (Å²) in [5.41, 5.74) is 2.75. The van der Waals surface area contributed by atoms with Crippen molar-refractivity contribution >= 4 is 34.3 Å². The fourth-order valence-corrected chi connectivity index (χ4v) is 5.11. The van der Waals surface area contributed by atoms with E-state index in [1.165, 1.54) is 6.20 Å². The third kappa shape index (κ3) is 5.42. The fraction of sp³-hybridized carbons (Fsp3) is 0.333. The summed E-state index contributed by atoms with van der Waals surface area (Å²) in [4.78, 5) is 23.8. The molecule has 0 spiro atoms. The molecule has 0 saturated carbocycles. The van der Waals surface area contributed by atoms with Crippen LogP contribution in [0, 0.1) is 0 Å². The van der Waals surface area contributed by atoms with E-state index in [4.69, 9.17) is 14.8 Å². The van der Waals surface area contributed by atoms with Gasteiger partial charge < -0.3 is 25.4 Å². The summed E-state index contributed by atoms with van der Waals surface area (Å²) in [6.07, 6.45) is -1.63. The average molecular weight is 554 g/mol. The molecule has 208 valence electrons. The summed E-state index contributed by atoms with van der Waals surface area (Å²) >= 11 is 0. The predicted molar refractivity (Wildman–Crippen MR) is 142 cm³/mol. The number of benzene rings is 2. The van der Waals surface area contributed by atoms with E-state index in [0.29, 0.717) is 47.7 Å². The number of carbonyl (C=O) groups excluding carboxylic acids is 1. The number of amides is 2. The van der Waals surface area contributed by atoms with Crippen LogP contribution in [-0.4, -0.2) is 69.0 Å². The number of morpholine rings is 1. The molecular weight excluding hydrogens is 527 g/mol. The highest BCUT2D eigenvalue weighted by molar-refractivity contribution is 5.99. The van der Waals surface area contributed by atoms with Gasteiger partial charge in [0.15, 0.2) is 11.5 Å². The van der Waals surface area contributed by atoms with Gasteiger partial charge in [0.2, 0.25) is 0 Å². The van der Waals surface area contributed by atoms with Crippen molar-refractivity contribution in [2.45, 2.75) is 37.7 Å². The second-order valence-corrected chi connectivity index (χ2v) is 9.85. The number of aromatic nitrogens is 4. The number of rotatable bonds is 7. The van der Waals surface area contributed by atoms with Gasteiger partial charge in [-0.1, -0.05) is 12.1 Å². The Hall–Kier alpha value is -4.23. The molecule has 3 N–H and O–H groups in total. The first-order valence-corrected chi connectivity index (χ1v) is 12.8. The van der Waals surface area contributed by atoms with Crippen LogP contribution in [0.1, 0.15) is 12.0 Å². The van der Waals surface area contributed by atoms with Crippen LogP contribution >= 0.6 is 0 Å². The van der Waals surface area contributed by atoms with Gasteiger partial charge in [0.1, 0.15) is 12.4 Å². The number of nitrogens with one attached hydrogen (secondary N) is 2. The Bertz CT molecular complexity index is 1520. The van der Waals surface area contributed by atoms with Crippen molar-refractivity contribution in [2.24, 2.45) is 0 Å². The SMILES string of the molecule is O=C(Nc1ccc(CCO)cc1)Nc1ccc(-c2nc(N3CC4CC3CO4)c3cnn(CC(F)(F)F)c3n2)cc1. The monoisotopic (exact) mass is 553 g/mol. The third-order valence-corrected chi connectivity index (χ3v) is 6.99. The number of alkyl halides is 3. The highest BCUT2D eigenvalue weighted by atomic mass is 19.4. The van der Waals surface area contributed by atoms with Crippen LogP contribution in [0.5, 0.6) is 0 Å². The first-order chi connectivity index (χ1) is 19.3. The van der Waals surface area contributed by atoms with Crippen molar-refractivity contribution in [3.05, 3.63) is 60.3 Å². The number of carbonyl (C=O) groups is 1. The minimum absolute atomic E-state index is 0.0505. The van der Waals surface area contributed by atoms with E-state index in [0.717, 1.165) is 16.7 Å². The lowest BCUT2D eigenvalue weighted by Gasteiger charge is -2.28. The zero-order valence-electron chi connectivity index (χ0n) is 21.2. The van der Waals surface area contributed by atoms with Gasteiger partial charge in [0, 0.05) is 30.1 Å². The summed E-state index contributed by atoms with van der Waals surface area (Å²) in [6, 6.07) is 13.6. The molecule has 2 aromatic carbocycles. The molecular formula is C27H26F3N7O3. The highest BCUT2D eigenvalue weighted by Crippen LogP contribution is 2.36. The van der Waals surface area contributed by atoms with E-state index in [1.54, 1.807) is 36.4 Å². The van der Waals surface area contributed by atoms with Crippen molar-refractivity contribution in [2.75, 3.05) is 35.3 Å². The molecule has 0 radical (unpaired) electrons. The Morgan fingerprint density at radius 3 is 2.35 bits per heavy atom. The Balaban J connectivity index is 1.24. The van der Waals surface area contributed by atoms with Crippen LogP contribution < -0.4 is 15.5 Å². The van der Waals surface area contributed by atoms with Gasteiger partial charge in [-0.05, 0) is 54.8 Å². The molecule has 2 amide bonds. The number of urea groups is 1. The van der Waals surface area contributed by atoms with Gasteiger partial charge in [-0.15, -0.1) is 0 Å². The average Bonchev–Trinajstić information content (AvgIpc) is 3.66. The van der Waals surface area contributed by atoms with Crippen LogP contribution in [0.3, 0.4) is 0 Å². The van der Waals surface area contributed by atoms with Crippen LogP contribution in [0.15, 0.2) is 54.7 Å². The Labute approximate surface area is 226 Å². The van der Waals surface area contributed by atoms with Gasteiger partial charge in [-0.3, -0.25) is 0 Å². The van der Waals surface area contributed by atoms with E-state index >= 15 is 0 Å². The standard InChI is InChI=1S/C27H26F3N7O3/c28-27(29,30)15-37-25-22(12-31-37)24(36-13-21-11-20(36)14-40-21)34-23(35-25)17-3-7-19(8-4-17)33-26(39)32-18-5-1-16(2-6-18)9-10-38/h1-8,12,20-21,38H,9-11,13-15H2,(H2,32,33,39). The van der Waals surface area contributed by atoms with E-state index in [2.05, 4.69) is 25.6 Å². The van der Waals surface area contributed by atoms with Gasteiger partial charge in [-0.2, -0.15) is 18.3 Å². The molecule has 2 fully saturated rings. The maximum Gasteiger partial charge on any atom is 0.408 e. The van der Waals surface area contributed by atoms with Crippen LogP contribution in [-0.2, 0) is 17.7 Å². The number of hydrogen-bond acceptors (Lipinski definition) is 7. The highest BCUT2D eigenvalue weighted by Gasteiger charge is 2.41. The van der Waals surface area contributed by atoms with E-state index in [-0.39, 0.29) is 30.2 Å². The van der Waals surface area contributed by atoms with Crippen LogP contribution in [0.4, 0.5) is 35.2 Å². The number of halogens is 3. The zero-order chi connectivity index (χ0) is 27.9. The lowest BCUT2D eigenvalue weighted by molar-refractivity contribution is -0.141. The Kier molecular flexibility index (Phi) is 6.76.